The minimum absolute atomic E-state index is 0.0561. The van der Waals surface area contributed by atoms with Crippen LogP contribution in [0.3, 0.4) is 0 Å². The molecule has 0 saturated carbocycles. The molecule has 7 heteroatoms. The number of nitrogens with one attached hydrogen (secondary N) is 2. The van der Waals surface area contributed by atoms with E-state index in [1.165, 1.54) is 12.1 Å². The molecule has 2 aromatic rings. The Kier molecular flexibility index (Phi) is 3.96. The van der Waals surface area contributed by atoms with Gasteiger partial charge in [-0.2, -0.15) is 0 Å². The van der Waals surface area contributed by atoms with Gasteiger partial charge in [-0.3, -0.25) is 9.52 Å². The van der Waals surface area contributed by atoms with Crippen molar-refractivity contribution in [1.29, 1.82) is 0 Å². The quantitative estimate of drug-likeness (QED) is 0.895. The number of ether oxygens (including phenoxy) is 1. The standard InChI is InChI=1S/C17H18N2O4S/c1-10-5-4-6-14(11(10)2)19-24(21,22)13-7-8-16-15(9-13)18-17(20)12(3)23-16/h4-9,12,19H,1-3H3,(H,18,20). The van der Waals surface area contributed by atoms with Crippen LogP contribution in [0, 0.1) is 13.8 Å². The van der Waals surface area contributed by atoms with E-state index in [0.717, 1.165) is 11.1 Å². The van der Waals surface area contributed by atoms with Gasteiger partial charge in [0.2, 0.25) is 0 Å². The third-order valence-electron chi connectivity index (χ3n) is 4.04. The fourth-order valence-corrected chi connectivity index (χ4v) is 3.57. The number of benzene rings is 2. The molecule has 0 aliphatic carbocycles. The number of sulfonamides is 1. The molecule has 1 atom stereocenters. The van der Waals surface area contributed by atoms with Crippen molar-refractivity contribution in [2.45, 2.75) is 31.8 Å². The first-order chi connectivity index (χ1) is 11.3. The lowest BCUT2D eigenvalue weighted by molar-refractivity contribution is -0.122. The monoisotopic (exact) mass is 346 g/mol. The zero-order valence-corrected chi connectivity index (χ0v) is 14.4. The summed E-state index contributed by atoms with van der Waals surface area (Å²) < 4.78 is 33.3. The molecule has 0 aromatic heterocycles. The molecule has 126 valence electrons. The summed E-state index contributed by atoms with van der Waals surface area (Å²) in [5.41, 5.74) is 2.74. The van der Waals surface area contributed by atoms with E-state index < -0.39 is 16.1 Å². The van der Waals surface area contributed by atoms with E-state index in [0.29, 0.717) is 17.1 Å². The number of amides is 1. The van der Waals surface area contributed by atoms with Gasteiger partial charge in [-0.1, -0.05) is 12.1 Å². The Labute approximate surface area is 140 Å². The molecule has 24 heavy (non-hydrogen) atoms. The van der Waals surface area contributed by atoms with Gasteiger partial charge in [0, 0.05) is 0 Å². The van der Waals surface area contributed by atoms with Crippen LogP contribution in [0.5, 0.6) is 5.75 Å². The second-order valence-electron chi connectivity index (χ2n) is 5.76. The van der Waals surface area contributed by atoms with Crippen molar-refractivity contribution >= 4 is 27.3 Å². The van der Waals surface area contributed by atoms with E-state index >= 15 is 0 Å². The van der Waals surface area contributed by atoms with E-state index in [1.54, 1.807) is 25.1 Å². The molecule has 1 aliphatic heterocycles. The lowest BCUT2D eigenvalue weighted by atomic mass is 10.1. The highest BCUT2D eigenvalue weighted by Gasteiger charge is 2.25. The highest BCUT2D eigenvalue weighted by atomic mass is 32.2. The fraction of sp³-hybridized carbons (Fsp3) is 0.235. The van der Waals surface area contributed by atoms with Crippen LogP contribution in [0.4, 0.5) is 11.4 Å². The summed E-state index contributed by atoms with van der Waals surface area (Å²) in [5.74, 6) is 0.146. The van der Waals surface area contributed by atoms with Crippen LogP contribution in [0.25, 0.3) is 0 Å². The van der Waals surface area contributed by atoms with Crippen LogP contribution in [0.2, 0.25) is 0 Å². The van der Waals surface area contributed by atoms with Crippen LogP contribution in [-0.4, -0.2) is 20.4 Å². The third kappa shape index (κ3) is 2.94. The van der Waals surface area contributed by atoms with E-state index in [9.17, 15) is 13.2 Å². The molecule has 0 saturated heterocycles. The zero-order chi connectivity index (χ0) is 17.5. The van der Waals surface area contributed by atoms with E-state index in [-0.39, 0.29) is 10.8 Å². The summed E-state index contributed by atoms with van der Waals surface area (Å²) in [4.78, 5) is 11.7. The molecule has 0 bridgehead atoms. The SMILES string of the molecule is Cc1cccc(NS(=O)(=O)c2ccc3c(c2)NC(=O)C(C)O3)c1C. The van der Waals surface area contributed by atoms with Crippen molar-refractivity contribution in [3.63, 3.8) is 0 Å². The van der Waals surface area contributed by atoms with Gasteiger partial charge in [-0.15, -0.1) is 0 Å². The summed E-state index contributed by atoms with van der Waals surface area (Å²) in [5, 5.41) is 2.65. The van der Waals surface area contributed by atoms with Crippen LogP contribution in [-0.2, 0) is 14.8 Å². The van der Waals surface area contributed by atoms with Crippen LogP contribution >= 0.6 is 0 Å². The molecule has 3 rings (SSSR count). The van der Waals surface area contributed by atoms with Gasteiger partial charge in [0.05, 0.1) is 16.3 Å². The second-order valence-corrected chi connectivity index (χ2v) is 7.44. The number of hydrogen-bond acceptors (Lipinski definition) is 4. The summed E-state index contributed by atoms with van der Waals surface area (Å²) in [6.45, 7) is 5.40. The van der Waals surface area contributed by atoms with Crippen LogP contribution in [0.15, 0.2) is 41.3 Å². The highest BCUT2D eigenvalue weighted by Crippen LogP contribution is 2.32. The first-order valence-electron chi connectivity index (χ1n) is 7.48. The van der Waals surface area contributed by atoms with Gasteiger partial charge in [-0.25, -0.2) is 8.42 Å². The van der Waals surface area contributed by atoms with Crippen molar-refractivity contribution < 1.29 is 17.9 Å². The van der Waals surface area contributed by atoms with Crippen LogP contribution in [0.1, 0.15) is 18.1 Å². The van der Waals surface area contributed by atoms with E-state index in [1.807, 2.05) is 19.9 Å². The minimum atomic E-state index is -3.77. The van der Waals surface area contributed by atoms with Gasteiger partial charge in [0.15, 0.2) is 6.10 Å². The van der Waals surface area contributed by atoms with Gasteiger partial charge in [-0.05, 0) is 56.2 Å². The molecule has 1 unspecified atom stereocenters. The van der Waals surface area contributed by atoms with E-state index in [4.69, 9.17) is 4.74 Å². The lowest BCUT2D eigenvalue weighted by Gasteiger charge is -2.23. The van der Waals surface area contributed by atoms with Gasteiger partial charge in [0.25, 0.3) is 15.9 Å². The molecule has 6 nitrogen and oxygen atoms in total. The van der Waals surface area contributed by atoms with Gasteiger partial charge in [0.1, 0.15) is 5.75 Å². The molecule has 0 spiro atoms. The topological polar surface area (TPSA) is 84.5 Å². The highest BCUT2D eigenvalue weighted by molar-refractivity contribution is 7.92. The Hall–Kier alpha value is -2.54. The van der Waals surface area contributed by atoms with Gasteiger partial charge >= 0.3 is 0 Å². The Morgan fingerprint density at radius 3 is 2.67 bits per heavy atom. The Bertz CT molecular complexity index is 922. The predicted molar refractivity (Wildman–Crippen MR) is 91.9 cm³/mol. The van der Waals surface area contributed by atoms with Crippen molar-refractivity contribution in [3.05, 3.63) is 47.5 Å². The summed E-state index contributed by atoms with van der Waals surface area (Å²) in [7, 11) is -3.77. The average molecular weight is 346 g/mol. The molecule has 1 amide bonds. The molecule has 2 N–H and O–H groups in total. The smallest absolute Gasteiger partial charge is 0.265 e. The first-order valence-corrected chi connectivity index (χ1v) is 8.97. The molecule has 0 radical (unpaired) electrons. The maximum absolute atomic E-state index is 12.6. The van der Waals surface area contributed by atoms with Gasteiger partial charge < -0.3 is 10.1 Å². The summed E-state index contributed by atoms with van der Waals surface area (Å²) >= 11 is 0. The molecule has 1 aliphatic rings. The number of anilines is 2. The number of carbonyl (C=O) groups excluding carboxylic acids is 1. The molecule has 0 fully saturated rings. The van der Waals surface area contributed by atoms with Crippen molar-refractivity contribution in [2.75, 3.05) is 10.0 Å². The number of carbonyl (C=O) groups is 1. The largest absolute Gasteiger partial charge is 0.479 e. The summed E-state index contributed by atoms with van der Waals surface area (Å²) in [6.07, 6.45) is -0.604. The number of aryl methyl sites for hydroxylation is 1. The number of rotatable bonds is 3. The predicted octanol–water partition coefficient (Wildman–Crippen LogP) is 2.82. The normalized spacial score (nSPS) is 16.8. The Morgan fingerprint density at radius 1 is 1.17 bits per heavy atom. The molecular formula is C17H18N2O4S. The Balaban J connectivity index is 1.95. The Morgan fingerprint density at radius 2 is 1.92 bits per heavy atom. The second kappa shape index (κ2) is 5.83. The van der Waals surface area contributed by atoms with Crippen molar-refractivity contribution in [2.24, 2.45) is 0 Å². The first kappa shape index (κ1) is 16.3. The average Bonchev–Trinajstić information content (AvgIpc) is 2.52. The molecule has 1 heterocycles. The van der Waals surface area contributed by atoms with Crippen molar-refractivity contribution in [3.8, 4) is 5.75 Å². The lowest BCUT2D eigenvalue weighted by Crippen LogP contribution is -2.34. The van der Waals surface area contributed by atoms with Crippen molar-refractivity contribution in [1.82, 2.24) is 0 Å². The minimum Gasteiger partial charge on any atom is -0.479 e. The molecular weight excluding hydrogens is 328 g/mol. The maximum Gasteiger partial charge on any atom is 0.265 e. The number of fused-ring (bicyclic) bond motifs is 1. The van der Waals surface area contributed by atoms with Crippen LogP contribution < -0.4 is 14.8 Å². The fourth-order valence-electron chi connectivity index (χ4n) is 2.42. The maximum atomic E-state index is 12.6. The number of hydrogen-bond donors (Lipinski definition) is 2. The van der Waals surface area contributed by atoms with E-state index in [2.05, 4.69) is 10.0 Å². The third-order valence-corrected chi connectivity index (χ3v) is 5.40. The molecule has 2 aromatic carbocycles. The zero-order valence-electron chi connectivity index (χ0n) is 13.6. The summed E-state index contributed by atoms with van der Waals surface area (Å²) in [6, 6.07) is 9.82.